The lowest BCUT2D eigenvalue weighted by molar-refractivity contribution is 0.416. The van der Waals surface area contributed by atoms with Gasteiger partial charge < -0.3 is 15.4 Å². The molecule has 2 heterocycles. The molecule has 0 aliphatic carbocycles. The van der Waals surface area contributed by atoms with Crippen LogP contribution in [0.3, 0.4) is 0 Å². The highest BCUT2D eigenvalue weighted by Crippen LogP contribution is 2.28. The van der Waals surface area contributed by atoms with E-state index in [1.807, 2.05) is 44.3 Å². The summed E-state index contributed by atoms with van der Waals surface area (Å²) in [6.07, 6.45) is 1.72. The first-order valence-corrected chi connectivity index (χ1v) is 6.65. The molecule has 6 nitrogen and oxygen atoms in total. The van der Waals surface area contributed by atoms with E-state index in [1.54, 1.807) is 17.8 Å². The zero-order chi connectivity index (χ0) is 14.8. The van der Waals surface area contributed by atoms with Crippen molar-refractivity contribution in [3.8, 4) is 5.75 Å². The Bertz CT molecular complexity index is 781. The predicted molar refractivity (Wildman–Crippen MR) is 83.5 cm³/mol. The number of rotatable bonds is 4. The molecule has 2 N–H and O–H groups in total. The standard InChI is InChI=1S/C15H17N5O/c1-10-4-5-11(12(8-10)21-3)18-13-9-15(16-2)20-14(19-13)6-7-17-20/h4-9,16H,1-3H3,(H,18,19). The summed E-state index contributed by atoms with van der Waals surface area (Å²) in [6.45, 7) is 2.03. The van der Waals surface area contributed by atoms with Crippen LogP contribution in [0.15, 0.2) is 36.5 Å². The molecule has 0 saturated heterocycles. The normalized spacial score (nSPS) is 10.6. The molecule has 0 spiro atoms. The molecule has 6 heteroatoms. The van der Waals surface area contributed by atoms with Crippen LogP contribution < -0.4 is 15.4 Å². The van der Waals surface area contributed by atoms with Gasteiger partial charge in [-0.15, -0.1) is 0 Å². The lowest BCUT2D eigenvalue weighted by atomic mass is 10.2. The Morgan fingerprint density at radius 3 is 2.81 bits per heavy atom. The van der Waals surface area contributed by atoms with Crippen LogP contribution in [-0.2, 0) is 0 Å². The van der Waals surface area contributed by atoms with Crippen LogP contribution in [0.4, 0.5) is 17.3 Å². The number of nitrogens with zero attached hydrogens (tertiary/aromatic N) is 3. The van der Waals surface area contributed by atoms with Gasteiger partial charge in [0.2, 0.25) is 0 Å². The molecule has 0 radical (unpaired) electrons. The van der Waals surface area contributed by atoms with Gasteiger partial charge in [0.05, 0.1) is 19.0 Å². The number of hydrogen-bond acceptors (Lipinski definition) is 5. The van der Waals surface area contributed by atoms with E-state index >= 15 is 0 Å². The number of aryl methyl sites for hydroxylation is 1. The number of ether oxygens (including phenoxy) is 1. The van der Waals surface area contributed by atoms with E-state index in [4.69, 9.17) is 4.74 Å². The van der Waals surface area contributed by atoms with Crippen molar-refractivity contribution < 1.29 is 4.74 Å². The molecule has 1 aromatic carbocycles. The Hall–Kier alpha value is -2.76. The summed E-state index contributed by atoms with van der Waals surface area (Å²) < 4.78 is 7.15. The van der Waals surface area contributed by atoms with Gasteiger partial charge in [-0.3, -0.25) is 0 Å². The van der Waals surface area contributed by atoms with Gasteiger partial charge in [-0.05, 0) is 24.6 Å². The van der Waals surface area contributed by atoms with Crippen molar-refractivity contribution in [1.29, 1.82) is 0 Å². The molecular weight excluding hydrogens is 266 g/mol. The van der Waals surface area contributed by atoms with Crippen LogP contribution in [0.25, 0.3) is 5.65 Å². The van der Waals surface area contributed by atoms with Crippen molar-refractivity contribution in [3.63, 3.8) is 0 Å². The van der Waals surface area contributed by atoms with Crippen LogP contribution in [-0.4, -0.2) is 28.8 Å². The minimum atomic E-state index is 0.731. The van der Waals surface area contributed by atoms with Gasteiger partial charge in [-0.2, -0.15) is 9.61 Å². The largest absolute Gasteiger partial charge is 0.495 e. The van der Waals surface area contributed by atoms with E-state index in [9.17, 15) is 0 Å². The van der Waals surface area contributed by atoms with Gasteiger partial charge >= 0.3 is 0 Å². The van der Waals surface area contributed by atoms with Gasteiger partial charge in [-0.25, -0.2) is 4.98 Å². The highest BCUT2D eigenvalue weighted by Gasteiger charge is 2.08. The van der Waals surface area contributed by atoms with Crippen molar-refractivity contribution in [2.24, 2.45) is 0 Å². The van der Waals surface area contributed by atoms with E-state index in [0.29, 0.717) is 0 Å². The second-order valence-corrected chi connectivity index (χ2v) is 4.71. The molecule has 0 bridgehead atoms. The molecule has 108 valence electrons. The SMILES string of the molecule is CNc1cc(Nc2ccc(C)cc2OC)nc2ccnn12. The first kappa shape index (κ1) is 13.2. The zero-order valence-corrected chi connectivity index (χ0v) is 12.2. The topological polar surface area (TPSA) is 63.5 Å². The highest BCUT2D eigenvalue weighted by atomic mass is 16.5. The van der Waals surface area contributed by atoms with Crippen LogP contribution in [0.5, 0.6) is 5.75 Å². The Balaban J connectivity index is 2.01. The third-order valence-electron chi connectivity index (χ3n) is 3.24. The summed E-state index contributed by atoms with van der Waals surface area (Å²) in [6, 6.07) is 9.76. The van der Waals surface area contributed by atoms with E-state index in [1.165, 1.54) is 0 Å². The van der Waals surface area contributed by atoms with Gasteiger partial charge in [-0.1, -0.05) is 6.07 Å². The second kappa shape index (κ2) is 5.32. The first-order chi connectivity index (χ1) is 10.2. The Kier molecular flexibility index (Phi) is 3.35. The summed E-state index contributed by atoms with van der Waals surface area (Å²) in [5, 5.41) is 10.6. The van der Waals surface area contributed by atoms with Crippen molar-refractivity contribution >= 4 is 23.0 Å². The Labute approximate surface area is 122 Å². The molecule has 3 rings (SSSR count). The summed E-state index contributed by atoms with van der Waals surface area (Å²) in [4.78, 5) is 4.53. The van der Waals surface area contributed by atoms with E-state index in [-0.39, 0.29) is 0 Å². The number of fused-ring (bicyclic) bond motifs is 1. The molecule has 3 aromatic rings. The lowest BCUT2D eigenvalue weighted by Gasteiger charge is -2.13. The third-order valence-corrected chi connectivity index (χ3v) is 3.24. The third kappa shape index (κ3) is 2.47. The maximum absolute atomic E-state index is 5.40. The number of anilines is 3. The smallest absolute Gasteiger partial charge is 0.159 e. The molecule has 2 aromatic heterocycles. The molecule has 0 fully saturated rings. The lowest BCUT2D eigenvalue weighted by Crippen LogP contribution is -2.04. The zero-order valence-electron chi connectivity index (χ0n) is 12.2. The fourth-order valence-corrected chi connectivity index (χ4v) is 2.19. The maximum atomic E-state index is 5.40. The Morgan fingerprint density at radius 2 is 2.05 bits per heavy atom. The molecule has 0 atom stereocenters. The average Bonchev–Trinajstić information content (AvgIpc) is 2.96. The molecular formula is C15H17N5O. The highest BCUT2D eigenvalue weighted by molar-refractivity contribution is 5.68. The number of nitrogens with one attached hydrogen (secondary N) is 2. The number of methoxy groups -OCH3 is 1. The fraction of sp³-hybridized carbons (Fsp3) is 0.200. The summed E-state index contributed by atoms with van der Waals surface area (Å²) >= 11 is 0. The quantitative estimate of drug-likeness (QED) is 0.771. The summed E-state index contributed by atoms with van der Waals surface area (Å²) in [7, 11) is 3.51. The molecule has 0 aliphatic rings. The van der Waals surface area contributed by atoms with Crippen molar-refractivity contribution in [2.45, 2.75) is 6.92 Å². The monoisotopic (exact) mass is 283 g/mol. The first-order valence-electron chi connectivity index (χ1n) is 6.65. The van der Waals surface area contributed by atoms with Crippen molar-refractivity contribution in [2.75, 3.05) is 24.8 Å². The van der Waals surface area contributed by atoms with Crippen molar-refractivity contribution in [1.82, 2.24) is 14.6 Å². The van der Waals surface area contributed by atoms with Gasteiger partial charge in [0, 0.05) is 19.2 Å². The second-order valence-electron chi connectivity index (χ2n) is 4.71. The molecule has 0 unspecified atom stereocenters. The Morgan fingerprint density at radius 1 is 1.19 bits per heavy atom. The van der Waals surface area contributed by atoms with Crippen LogP contribution in [0, 0.1) is 6.92 Å². The molecule has 21 heavy (non-hydrogen) atoms. The summed E-state index contributed by atoms with van der Waals surface area (Å²) in [5.41, 5.74) is 2.80. The minimum absolute atomic E-state index is 0.731. The number of aromatic nitrogens is 3. The molecule has 0 amide bonds. The predicted octanol–water partition coefficient (Wildman–Crippen LogP) is 2.83. The number of hydrogen-bond donors (Lipinski definition) is 2. The average molecular weight is 283 g/mol. The van der Waals surface area contributed by atoms with Gasteiger partial charge in [0.25, 0.3) is 0 Å². The van der Waals surface area contributed by atoms with Gasteiger partial charge in [0.1, 0.15) is 17.4 Å². The van der Waals surface area contributed by atoms with Crippen molar-refractivity contribution in [3.05, 3.63) is 42.1 Å². The van der Waals surface area contributed by atoms with Crippen LogP contribution in [0.1, 0.15) is 5.56 Å². The van der Waals surface area contributed by atoms with E-state index in [2.05, 4.69) is 20.7 Å². The van der Waals surface area contributed by atoms with E-state index < -0.39 is 0 Å². The molecule has 0 saturated carbocycles. The minimum Gasteiger partial charge on any atom is -0.495 e. The fourth-order valence-electron chi connectivity index (χ4n) is 2.19. The number of benzene rings is 1. The van der Waals surface area contributed by atoms with Gasteiger partial charge in [0.15, 0.2) is 5.65 Å². The summed E-state index contributed by atoms with van der Waals surface area (Å²) in [5.74, 6) is 2.38. The maximum Gasteiger partial charge on any atom is 0.159 e. The van der Waals surface area contributed by atoms with Crippen LogP contribution in [0.2, 0.25) is 0 Å². The molecule has 0 aliphatic heterocycles. The van der Waals surface area contributed by atoms with E-state index in [0.717, 1.165) is 34.3 Å². The van der Waals surface area contributed by atoms with Crippen LogP contribution >= 0.6 is 0 Å².